The Morgan fingerprint density at radius 1 is 0.589 bits per heavy atom. The molecule has 2 heterocycles. The number of hydrogen-bond acceptors (Lipinski definition) is 9. The summed E-state index contributed by atoms with van der Waals surface area (Å²) in [5.74, 6) is -0.752. The van der Waals surface area contributed by atoms with Crippen LogP contribution >= 0.6 is 0 Å². The molecule has 0 spiro atoms. The van der Waals surface area contributed by atoms with E-state index in [4.69, 9.17) is 23.8 Å². The van der Waals surface area contributed by atoms with Crippen molar-refractivity contribution in [1.29, 1.82) is 0 Å². The van der Waals surface area contributed by atoms with Crippen molar-refractivity contribution < 1.29 is 52.9 Å². The van der Waals surface area contributed by atoms with Crippen LogP contribution in [0.25, 0.3) is 0 Å². The molecule has 5 rings (SSSR count). The first kappa shape index (κ1) is 44.8. The summed E-state index contributed by atoms with van der Waals surface area (Å²) in [5, 5.41) is 21.4. The molecule has 0 aliphatic heterocycles. The van der Waals surface area contributed by atoms with Gasteiger partial charge in [-0.1, -0.05) is 91.0 Å². The molecule has 12 heteroatoms. The van der Waals surface area contributed by atoms with E-state index < -0.39 is 7.32 Å². The third kappa shape index (κ3) is 13.9. The van der Waals surface area contributed by atoms with E-state index in [9.17, 15) is 19.6 Å². The largest absolute Gasteiger partial charge is 0.871 e. The van der Waals surface area contributed by atoms with Crippen molar-refractivity contribution in [3.8, 4) is 0 Å². The molecule has 0 fully saturated rings. The van der Waals surface area contributed by atoms with Crippen molar-refractivity contribution in [3.63, 3.8) is 0 Å². The summed E-state index contributed by atoms with van der Waals surface area (Å²) in [6.45, 7) is 12.1. The van der Waals surface area contributed by atoms with Gasteiger partial charge in [0.15, 0.2) is 13.2 Å². The zero-order valence-corrected chi connectivity index (χ0v) is 33.1. The van der Waals surface area contributed by atoms with Crippen molar-refractivity contribution in [2.24, 2.45) is 0 Å². The number of pyridine rings is 2. The molecule has 2 aromatic heterocycles. The predicted octanol–water partition coefficient (Wildman–Crippen LogP) is 4.50. The molecule has 0 bridgehead atoms. The molecule has 296 valence electrons. The molecule has 0 saturated heterocycles. The number of carbonyl (C=O) groups is 2. The fourth-order valence-electron chi connectivity index (χ4n) is 5.84. The van der Waals surface area contributed by atoms with E-state index in [0.717, 1.165) is 6.42 Å². The minimum atomic E-state index is -2.23. The Labute approximate surface area is 331 Å². The molecule has 11 nitrogen and oxygen atoms in total. The number of esters is 2. The number of benzene rings is 3. The van der Waals surface area contributed by atoms with E-state index in [1.54, 1.807) is 48.8 Å². The lowest BCUT2D eigenvalue weighted by atomic mass is 9.67. The number of rotatable bonds is 16. The van der Waals surface area contributed by atoms with Crippen molar-refractivity contribution in [2.45, 2.75) is 72.0 Å². The van der Waals surface area contributed by atoms with Crippen molar-refractivity contribution >= 4 is 19.3 Å². The highest BCUT2D eigenvalue weighted by atomic mass is 16.7. The number of carbonyl (C=O) groups excluding carboxylic acids is 2. The van der Waals surface area contributed by atoms with E-state index in [1.165, 1.54) is 26.2 Å². The first-order chi connectivity index (χ1) is 27.0. The predicted molar refractivity (Wildman–Crippen MR) is 209 cm³/mol. The van der Waals surface area contributed by atoms with E-state index in [-0.39, 0.29) is 36.2 Å². The van der Waals surface area contributed by atoms with Crippen LogP contribution in [-0.4, -0.2) is 51.3 Å². The summed E-state index contributed by atoms with van der Waals surface area (Å²) in [4.78, 5) is 33.8. The van der Waals surface area contributed by atoms with Crippen molar-refractivity contribution in [1.82, 2.24) is 0 Å². The Bertz CT molecular complexity index is 1700. The molecule has 0 saturated carbocycles. The van der Waals surface area contributed by atoms with Gasteiger partial charge in [-0.2, -0.15) is 0 Å². The van der Waals surface area contributed by atoms with Crippen molar-refractivity contribution in [2.75, 3.05) is 19.8 Å². The molecule has 0 unspecified atom stereocenters. The monoisotopic (exact) mass is 764 g/mol. The zero-order chi connectivity index (χ0) is 40.8. The number of aromatic nitrogens is 2. The summed E-state index contributed by atoms with van der Waals surface area (Å²) in [6, 6.07) is 41.5. The molecular formula is C44H53BN2O9. The van der Waals surface area contributed by atoms with Crippen LogP contribution in [0.5, 0.6) is 0 Å². The van der Waals surface area contributed by atoms with Crippen LogP contribution in [0.15, 0.2) is 140 Å². The van der Waals surface area contributed by atoms with Crippen LogP contribution in [0.2, 0.25) is 0 Å². The van der Waals surface area contributed by atoms with Crippen molar-refractivity contribution in [3.05, 3.63) is 168 Å². The average molecular weight is 765 g/mol. The second-order valence-electron chi connectivity index (χ2n) is 12.8. The summed E-state index contributed by atoms with van der Waals surface area (Å²) < 4.78 is 17.7. The summed E-state index contributed by atoms with van der Waals surface area (Å²) in [7, 11) is -2.23. The Kier molecular flexibility index (Phi) is 19.3. The molecule has 0 aliphatic rings. The lowest BCUT2D eigenvalue weighted by molar-refractivity contribution is -0.892. The second kappa shape index (κ2) is 24.1. The molecule has 0 radical (unpaired) electrons. The Balaban J connectivity index is 0.000000241. The van der Waals surface area contributed by atoms with Gasteiger partial charge in [-0.05, 0) is 83.2 Å². The van der Waals surface area contributed by atoms with E-state index in [0.29, 0.717) is 31.0 Å². The normalized spacial score (nSPS) is 10.7. The fourth-order valence-corrected chi connectivity index (χ4v) is 5.84. The minimum absolute atomic E-state index is 0.132. The summed E-state index contributed by atoms with van der Waals surface area (Å²) in [5.41, 5.74) is 3.96. The molecule has 5 aromatic rings. The minimum Gasteiger partial charge on any atom is -0.871 e. The maximum Gasteiger partial charge on any atom is 0.408 e. The van der Waals surface area contributed by atoms with Gasteiger partial charge in [0.25, 0.3) is 0 Å². The smallest absolute Gasteiger partial charge is 0.408 e. The highest BCUT2D eigenvalue weighted by Crippen LogP contribution is 2.42. The molecule has 0 aliphatic carbocycles. The van der Waals surface area contributed by atoms with E-state index in [2.05, 4.69) is 36.4 Å². The topological polar surface area (TPSA) is 134 Å². The van der Waals surface area contributed by atoms with Gasteiger partial charge < -0.3 is 24.2 Å². The van der Waals surface area contributed by atoms with Gasteiger partial charge in [-0.15, -0.1) is 0 Å². The lowest BCUT2D eigenvalue weighted by Gasteiger charge is -2.37. The molecule has 3 aromatic carbocycles. The highest BCUT2D eigenvalue weighted by molar-refractivity contribution is 6.28. The maximum absolute atomic E-state index is 11.6. The highest BCUT2D eigenvalue weighted by Gasteiger charge is 2.35. The quantitative estimate of drug-likeness (QED) is 0.0469. The SMILES string of the molecule is CCO[n+]1ccccc1C(=O)OC(C)C.CCO[n+]1ccccc1C(=O)OC(C)C.[O-]B([O-])OCCCC(c1ccccc1)(c1ccccc1)c1ccccc1. The van der Waals surface area contributed by atoms with Gasteiger partial charge in [0.05, 0.1) is 19.5 Å². The van der Waals surface area contributed by atoms with Crippen LogP contribution < -0.4 is 29.2 Å². The Hall–Kier alpha value is -5.56. The van der Waals surface area contributed by atoms with Gasteiger partial charge in [0, 0.05) is 45.7 Å². The van der Waals surface area contributed by atoms with Crippen LogP contribution in [0.3, 0.4) is 0 Å². The van der Waals surface area contributed by atoms with Gasteiger partial charge in [0.1, 0.15) is 0 Å². The van der Waals surface area contributed by atoms with Crippen LogP contribution in [0, 0.1) is 0 Å². The fraction of sp³-hybridized carbons (Fsp3) is 0.318. The van der Waals surface area contributed by atoms with Crippen LogP contribution in [0.1, 0.15) is 92.1 Å². The standard InChI is InChI=1S/C22H21BO3.2C11H16NO3/c24-23(25)26-18-10-17-22(19-11-4-1-5-12-19,20-13-6-2-7-14-20)21-15-8-3-9-16-21;2*1-4-14-12-8-6-5-7-10(12)11(13)15-9(2)3/h1-9,11-16H,10,17-18H2;2*5-9H,4H2,1-3H3/q-2;2*+1. The van der Waals surface area contributed by atoms with Gasteiger partial charge in [-0.3, -0.25) is 9.68 Å². The molecule has 0 N–H and O–H groups in total. The molecule has 56 heavy (non-hydrogen) atoms. The molecular weight excluding hydrogens is 711 g/mol. The average Bonchev–Trinajstić information content (AvgIpc) is 3.20. The summed E-state index contributed by atoms with van der Waals surface area (Å²) >= 11 is 0. The third-order valence-electron chi connectivity index (χ3n) is 8.04. The van der Waals surface area contributed by atoms with Gasteiger partial charge >= 0.3 is 23.3 Å². The molecule has 0 atom stereocenters. The number of hydrogen-bond donors (Lipinski definition) is 0. The van der Waals surface area contributed by atoms with E-state index in [1.807, 2.05) is 96.1 Å². The van der Waals surface area contributed by atoms with Gasteiger partial charge in [0.2, 0.25) is 12.4 Å². The Morgan fingerprint density at radius 2 is 0.946 bits per heavy atom. The zero-order valence-electron chi connectivity index (χ0n) is 33.1. The van der Waals surface area contributed by atoms with Crippen LogP contribution in [-0.2, 0) is 19.5 Å². The Morgan fingerprint density at radius 3 is 1.27 bits per heavy atom. The summed E-state index contributed by atoms with van der Waals surface area (Å²) in [6.07, 6.45) is 4.44. The number of nitrogens with zero attached hydrogens (tertiary/aromatic N) is 2. The first-order valence-corrected chi connectivity index (χ1v) is 18.8. The van der Waals surface area contributed by atoms with Crippen LogP contribution in [0.4, 0.5) is 0 Å². The maximum atomic E-state index is 11.6. The van der Waals surface area contributed by atoms with E-state index >= 15 is 0 Å². The number of ether oxygens (including phenoxy) is 2. The lowest BCUT2D eigenvalue weighted by Crippen LogP contribution is -2.48. The van der Waals surface area contributed by atoms with Gasteiger partial charge in [-0.25, -0.2) is 9.59 Å². The second-order valence-corrected chi connectivity index (χ2v) is 12.8. The first-order valence-electron chi connectivity index (χ1n) is 18.8. The molecule has 0 amide bonds. The third-order valence-corrected chi connectivity index (χ3v) is 8.04.